The summed E-state index contributed by atoms with van der Waals surface area (Å²) in [6.45, 7) is 0.467. The van der Waals surface area contributed by atoms with Crippen LogP contribution in [-0.2, 0) is 17.8 Å². The molecule has 0 bridgehead atoms. The van der Waals surface area contributed by atoms with Crippen LogP contribution in [0, 0.1) is 0 Å². The summed E-state index contributed by atoms with van der Waals surface area (Å²) in [5.41, 5.74) is 8.45. The van der Waals surface area contributed by atoms with Crippen LogP contribution in [0.2, 0.25) is 0 Å². The van der Waals surface area contributed by atoms with Gasteiger partial charge in [-0.25, -0.2) is 4.98 Å². The van der Waals surface area contributed by atoms with E-state index in [9.17, 15) is 4.79 Å². The highest BCUT2D eigenvalue weighted by Gasteiger charge is 2.03. The monoisotopic (exact) mass is 285 g/mol. The van der Waals surface area contributed by atoms with E-state index in [1.807, 2.05) is 30.3 Å². The van der Waals surface area contributed by atoms with Crippen molar-refractivity contribution in [2.75, 3.05) is 12.8 Å². The van der Waals surface area contributed by atoms with E-state index in [0.717, 1.165) is 16.8 Å². The maximum atomic E-state index is 11.8. The minimum absolute atomic E-state index is 0.00760. The Morgan fingerprint density at radius 1 is 1.29 bits per heavy atom. The molecule has 1 amide bonds. The van der Waals surface area contributed by atoms with Gasteiger partial charge in [0, 0.05) is 30.9 Å². The van der Waals surface area contributed by atoms with E-state index in [0.29, 0.717) is 25.3 Å². The topological polar surface area (TPSA) is 77.2 Å². The zero-order valence-electron chi connectivity index (χ0n) is 12.0. The molecule has 2 aromatic rings. The number of ether oxygens (including phenoxy) is 1. The lowest BCUT2D eigenvalue weighted by Gasteiger charge is -2.07. The van der Waals surface area contributed by atoms with Crippen molar-refractivity contribution in [2.45, 2.75) is 19.4 Å². The predicted octanol–water partition coefficient (Wildman–Crippen LogP) is 1.92. The van der Waals surface area contributed by atoms with Crippen molar-refractivity contribution >= 4 is 11.6 Å². The lowest BCUT2D eigenvalue weighted by Crippen LogP contribution is -2.23. The number of pyridine rings is 1. The molecule has 3 N–H and O–H groups in total. The molecule has 0 radical (unpaired) electrons. The number of aromatic nitrogens is 1. The van der Waals surface area contributed by atoms with Gasteiger partial charge in [0.05, 0.1) is 7.11 Å². The zero-order chi connectivity index (χ0) is 15.1. The molecule has 0 aliphatic rings. The Balaban J connectivity index is 1.79. The number of nitrogen functional groups attached to an aromatic ring is 1. The molecule has 0 fully saturated rings. The summed E-state index contributed by atoms with van der Waals surface area (Å²) < 4.78 is 5.04. The van der Waals surface area contributed by atoms with Crippen LogP contribution < -0.4 is 15.8 Å². The number of rotatable bonds is 6. The van der Waals surface area contributed by atoms with E-state index in [1.54, 1.807) is 19.4 Å². The second-order valence-corrected chi connectivity index (χ2v) is 4.73. The fourth-order valence-corrected chi connectivity index (χ4v) is 1.97. The van der Waals surface area contributed by atoms with Crippen LogP contribution in [0.25, 0.3) is 0 Å². The summed E-state index contributed by atoms with van der Waals surface area (Å²) in [5.74, 6) is 0.551. The fourth-order valence-electron chi connectivity index (χ4n) is 1.97. The van der Waals surface area contributed by atoms with Crippen molar-refractivity contribution in [1.29, 1.82) is 0 Å². The van der Waals surface area contributed by atoms with Crippen molar-refractivity contribution in [3.8, 4) is 5.88 Å². The second kappa shape index (κ2) is 7.28. The summed E-state index contributed by atoms with van der Waals surface area (Å²) in [7, 11) is 1.57. The molecule has 1 aromatic carbocycles. The third-order valence-electron chi connectivity index (χ3n) is 3.09. The van der Waals surface area contributed by atoms with Gasteiger partial charge in [-0.2, -0.15) is 0 Å². The van der Waals surface area contributed by atoms with Crippen LogP contribution in [-0.4, -0.2) is 18.0 Å². The molecule has 1 aromatic heterocycles. The van der Waals surface area contributed by atoms with Crippen LogP contribution in [0.1, 0.15) is 17.5 Å². The number of aryl methyl sites for hydroxylation is 1. The molecule has 0 atom stereocenters. The van der Waals surface area contributed by atoms with Gasteiger partial charge in [0.1, 0.15) is 0 Å². The van der Waals surface area contributed by atoms with Crippen molar-refractivity contribution in [3.05, 3.63) is 53.7 Å². The minimum Gasteiger partial charge on any atom is -0.481 e. The molecule has 0 aliphatic carbocycles. The number of hydrogen-bond donors (Lipinski definition) is 2. The molecule has 21 heavy (non-hydrogen) atoms. The molecule has 0 unspecified atom stereocenters. The predicted molar refractivity (Wildman–Crippen MR) is 81.8 cm³/mol. The zero-order valence-corrected chi connectivity index (χ0v) is 12.0. The quantitative estimate of drug-likeness (QED) is 0.795. The molecular formula is C16H19N3O2. The van der Waals surface area contributed by atoms with E-state index in [1.165, 1.54) is 0 Å². The van der Waals surface area contributed by atoms with E-state index >= 15 is 0 Å². The van der Waals surface area contributed by atoms with Gasteiger partial charge < -0.3 is 15.8 Å². The molecule has 5 nitrogen and oxygen atoms in total. The van der Waals surface area contributed by atoms with Gasteiger partial charge in [-0.05, 0) is 35.7 Å². The first kappa shape index (κ1) is 14.8. The largest absolute Gasteiger partial charge is 0.481 e. The number of methoxy groups -OCH3 is 1. The standard InChI is InChI=1S/C16H19N3O2/c1-21-16-10-13(7-8-18-16)11-19-15(20)6-5-12-3-2-4-14(17)9-12/h2-4,7-10H,5-6,11,17H2,1H3,(H,19,20). The summed E-state index contributed by atoms with van der Waals surface area (Å²) >= 11 is 0. The third-order valence-corrected chi connectivity index (χ3v) is 3.09. The SMILES string of the molecule is COc1cc(CNC(=O)CCc2cccc(N)c2)ccn1. The Bertz CT molecular complexity index is 614. The smallest absolute Gasteiger partial charge is 0.220 e. The van der Waals surface area contributed by atoms with E-state index in [-0.39, 0.29) is 5.91 Å². The molecule has 110 valence electrons. The van der Waals surface area contributed by atoms with E-state index < -0.39 is 0 Å². The normalized spacial score (nSPS) is 10.1. The highest BCUT2D eigenvalue weighted by molar-refractivity contribution is 5.76. The van der Waals surface area contributed by atoms with Crippen LogP contribution in [0.3, 0.4) is 0 Å². The number of carbonyl (C=O) groups excluding carboxylic acids is 1. The van der Waals surface area contributed by atoms with Gasteiger partial charge in [0.25, 0.3) is 0 Å². The number of nitrogens with zero attached hydrogens (tertiary/aromatic N) is 1. The molecule has 0 aliphatic heterocycles. The third kappa shape index (κ3) is 4.80. The van der Waals surface area contributed by atoms with Gasteiger partial charge in [-0.1, -0.05) is 12.1 Å². The maximum Gasteiger partial charge on any atom is 0.220 e. The number of benzene rings is 1. The first-order chi connectivity index (χ1) is 10.2. The minimum atomic E-state index is 0.00760. The first-order valence-electron chi connectivity index (χ1n) is 6.77. The Morgan fingerprint density at radius 3 is 2.90 bits per heavy atom. The van der Waals surface area contributed by atoms with Gasteiger partial charge in [-0.15, -0.1) is 0 Å². The molecule has 5 heteroatoms. The number of carbonyl (C=O) groups is 1. The molecule has 1 heterocycles. The molecule has 0 spiro atoms. The van der Waals surface area contributed by atoms with Crippen molar-refractivity contribution in [2.24, 2.45) is 0 Å². The Labute approximate surface area is 124 Å². The average molecular weight is 285 g/mol. The highest BCUT2D eigenvalue weighted by atomic mass is 16.5. The summed E-state index contributed by atoms with van der Waals surface area (Å²) in [6.07, 6.45) is 2.77. The highest BCUT2D eigenvalue weighted by Crippen LogP contribution is 2.10. The molecule has 2 rings (SSSR count). The number of hydrogen-bond acceptors (Lipinski definition) is 4. The van der Waals surface area contributed by atoms with Gasteiger partial charge in [0.15, 0.2) is 0 Å². The van der Waals surface area contributed by atoms with Crippen LogP contribution >= 0.6 is 0 Å². The second-order valence-electron chi connectivity index (χ2n) is 4.73. The van der Waals surface area contributed by atoms with Crippen LogP contribution in [0.5, 0.6) is 5.88 Å². The number of anilines is 1. The van der Waals surface area contributed by atoms with E-state index in [2.05, 4.69) is 10.3 Å². The van der Waals surface area contributed by atoms with Crippen molar-refractivity contribution < 1.29 is 9.53 Å². The molecule has 0 saturated heterocycles. The summed E-state index contributed by atoms with van der Waals surface area (Å²) in [5, 5.41) is 2.88. The lowest BCUT2D eigenvalue weighted by atomic mass is 10.1. The van der Waals surface area contributed by atoms with Gasteiger partial charge in [-0.3, -0.25) is 4.79 Å². The Kier molecular flexibility index (Phi) is 5.15. The fraction of sp³-hybridized carbons (Fsp3) is 0.250. The van der Waals surface area contributed by atoms with Crippen molar-refractivity contribution in [1.82, 2.24) is 10.3 Å². The van der Waals surface area contributed by atoms with E-state index in [4.69, 9.17) is 10.5 Å². The number of nitrogens with one attached hydrogen (secondary N) is 1. The summed E-state index contributed by atoms with van der Waals surface area (Å²) in [4.78, 5) is 15.9. The first-order valence-corrected chi connectivity index (χ1v) is 6.77. The average Bonchev–Trinajstić information content (AvgIpc) is 2.51. The van der Waals surface area contributed by atoms with Gasteiger partial charge >= 0.3 is 0 Å². The number of nitrogens with two attached hydrogens (primary N) is 1. The van der Waals surface area contributed by atoms with Crippen LogP contribution in [0.15, 0.2) is 42.6 Å². The lowest BCUT2D eigenvalue weighted by molar-refractivity contribution is -0.121. The van der Waals surface area contributed by atoms with Crippen LogP contribution in [0.4, 0.5) is 5.69 Å². The van der Waals surface area contributed by atoms with Crippen molar-refractivity contribution in [3.63, 3.8) is 0 Å². The van der Waals surface area contributed by atoms with Gasteiger partial charge in [0.2, 0.25) is 11.8 Å². The maximum absolute atomic E-state index is 11.8. The number of amides is 1. The molecule has 0 saturated carbocycles. The summed E-state index contributed by atoms with van der Waals surface area (Å²) in [6, 6.07) is 11.2. The molecular weight excluding hydrogens is 266 g/mol. The Morgan fingerprint density at radius 2 is 2.14 bits per heavy atom. The Hall–Kier alpha value is -2.56.